The first-order chi connectivity index (χ1) is 12.1. The molecule has 0 aromatic heterocycles. The van der Waals surface area contributed by atoms with E-state index in [1.807, 2.05) is 0 Å². The maximum Gasteiger partial charge on any atom is 0.262 e. The van der Waals surface area contributed by atoms with E-state index >= 15 is 0 Å². The molecule has 0 heterocycles. The molecule has 0 saturated heterocycles. The number of carbonyl (C=O) groups excluding carboxylic acids is 2. The van der Waals surface area contributed by atoms with Crippen LogP contribution >= 0.6 is 11.6 Å². The number of halogens is 1. The van der Waals surface area contributed by atoms with E-state index in [0.29, 0.717) is 28.6 Å². The SMILES string of the molecule is CCCCNC(=O)c1cccc(NC(=O)COc2ccc(Cl)cc2)c1. The summed E-state index contributed by atoms with van der Waals surface area (Å²) in [7, 11) is 0. The normalized spacial score (nSPS) is 10.2. The molecule has 0 aliphatic heterocycles. The van der Waals surface area contributed by atoms with Crippen LogP contribution in [0.1, 0.15) is 30.1 Å². The molecule has 0 aliphatic rings. The average Bonchev–Trinajstić information content (AvgIpc) is 2.61. The monoisotopic (exact) mass is 360 g/mol. The predicted molar refractivity (Wildman–Crippen MR) is 99.3 cm³/mol. The van der Waals surface area contributed by atoms with Crippen molar-refractivity contribution in [1.29, 1.82) is 0 Å². The second-order valence-electron chi connectivity index (χ2n) is 5.48. The van der Waals surface area contributed by atoms with E-state index < -0.39 is 0 Å². The Morgan fingerprint density at radius 1 is 1.12 bits per heavy atom. The Morgan fingerprint density at radius 3 is 2.60 bits per heavy atom. The number of ether oxygens (including phenoxy) is 1. The topological polar surface area (TPSA) is 67.4 Å². The first kappa shape index (κ1) is 18.8. The zero-order valence-electron chi connectivity index (χ0n) is 14.0. The summed E-state index contributed by atoms with van der Waals surface area (Å²) in [6.45, 7) is 2.57. The van der Waals surface area contributed by atoms with Gasteiger partial charge in [0.1, 0.15) is 5.75 Å². The van der Waals surface area contributed by atoms with Crippen LogP contribution in [-0.2, 0) is 4.79 Å². The molecule has 2 aromatic carbocycles. The number of hydrogen-bond donors (Lipinski definition) is 2. The number of carbonyl (C=O) groups is 2. The predicted octanol–water partition coefficient (Wildman–Crippen LogP) is 3.89. The fraction of sp³-hybridized carbons (Fsp3) is 0.263. The Morgan fingerprint density at radius 2 is 1.88 bits per heavy atom. The molecule has 0 aliphatic carbocycles. The Kier molecular flexibility index (Phi) is 7.29. The van der Waals surface area contributed by atoms with Gasteiger partial charge in [0, 0.05) is 22.8 Å². The molecule has 2 N–H and O–H groups in total. The quantitative estimate of drug-likeness (QED) is 0.702. The van der Waals surface area contributed by atoms with Crippen molar-refractivity contribution in [1.82, 2.24) is 5.32 Å². The number of benzene rings is 2. The van der Waals surface area contributed by atoms with Gasteiger partial charge in [-0.3, -0.25) is 9.59 Å². The molecule has 2 rings (SSSR count). The molecule has 0 radical (unpaired) electrons. The van der Waals surface area contributed by atoms with Crippen LogP contribution in [0.25, 0.3) is 0 Å². The molecule has 2 aromatic rings. The van der Waals surface area contributed by atoms with Crippen LogP contribution in [0.5, 0.6) is 5.75 Å². The minimum absolute atomic E-state index is 0.130. The summed E-state index contributed by atoms with van der Waals surface area (Å²) in [6, 6.07) is 13.6. The molecule has 0 fully saturated rings. The van der Waals surface area contributed by atoms with Gasteiger partial charge in [0.2, 0.25) is 0 Å². The third-order valence-electron chi connectivity index (χ3n) is 3.41. The first-order valence-electron chi connectivity index (χ1n) is 8.15. The van der Waals surface area contributed by atoms with Crippen LogP contribution in [0.15, 0.2) is 48.5 Å². The van der Waals surface area contributed by atoms with E-state index in [1.54, 1.807) is 48.5 Å². The number of anilines is 1. The van der Waals surface area contributed by atoms with Gasteiger partial charge in [-0.05, 0) is 48.9 Å². The Hall–Kier alpha value is -2.53. The Balaban J connectivity index is 1.86. The minimum atomic E-state index is -0.307. The molecular weight excluding hydrogens is 340 g/mol. The van der Waals surface area contributed by atoms with Crippen LogP contribution in [0, 0.1) is 0 Å². The first-order valence-corrected chi connectivity index (χ1v) is 8.52. The highest BCUT2D eigenvalue weighted by Crippen LogP contribution is 2.16. The van der Waals surface area contributed by atoms with Gasteiger partial charge in [0.05, 0.1) is 0 Å². The number of rotatable bonds is 8. The lowest BCUT2D eigenvalue weighted by molar-refractivity contribution is -0.118. The summed E-state index contributed by atoms with van der Waals surface area (Å²) in [6.07, 6.45) is 1.95. The Labute approximate surface area is 152 Å². The molecule has 5 nitrogen and oxygen atoms in total. The molecule has 25 heavy (non-hydrogen) atoms. The van der Waals surface area contributed by atoms with Gasteiger partial charge in [-0.1, -0.05) is 31.0 Å². The van der Waals surface area contributed by atoms with Crippen LogP contribution in [-0.4, -0.2) is 25.0 Å². The third kappa shape index (κ3) is 6.47. The molecule has 132 valence electrons. The van der Waals surface area contributed by atoms with E-state index in [1.165, 1.54) is 0 Å². The summed E-state index contributed by atoms with van der Waals surface area (Å²) < 4.78 is 5.39. The lowest BCUT2D eigenvalue weighted by Gasteiger charge is -2.09. The van der Waals surface area contributed by atoms with E-state index in [4.69, 9.17) is 16.3 Å². The smallest absolute Gasteiger partial charge is 0.262 e. The fourth-order valence-corrected chi connectivity index (χ4v) is 2.22. The van der Waals surface area contributed by atoms with Crippen LogP contribution in [0.2, 0.25) is 5.02 Å². The van der Waals surface area contributed by atoms with Crippen molar-refractivity contribution in [2.75, 3.05) is 18.5 Å². The number of amides is 2. The zero-order valence-corrected chi connectivity index (χ0v) is 14.8. The van der Waals surface area contributed by atoms with Crippen molar-refractivity contribution >= 4 is 29.1 Å². The van der Waals surface area contributed by atoms with Crippen LogP contribution in [0.3, 0.4) is 0 Å². The summed E-state index contributed by atoms with van der Waals surface area (Å²) in [5.41, 5.74) is 1.06. The molecule has 0 saturated carbocycles. The third-order valence-corrected chi connectivity index (χ3v) is 3.66. The Bertz CT molecular complexity index is 717. The van der Waals surface area contributed by atoms with Gasteiger partial charge in [-0.25, -0.2) is 0 Å². The van der Waals surface area contributed by atoms with Gasteiger partial charge in [0.25, 0.3) is 11.8 Å². The van der Waals surface area contributed by atoms with Crippen LogP contribution in [0.4, 0.5) is 5.69 Å². The van der Waals surface area contributed by atoms with Crippen molar-refractivity contribution < 1.29 is 14.3 Å². The van der Waals surface area contributed by atoms with E-state index in [9.17, 15) is 9.59 Å². The number of hydrogen-bond acceptors (Lipinski definition) is 3. The highest BCUT2D eigenvalue weighted by Gasteiger charge is 2.08. The fourth-order valence-electron chi connectivity index (χ4n) is 2.10. The van der Waals surface area contributed by atoms with Crippen LogP contribution < -0.4 is 15.4 Å². The van der Waals surface area contributed by atoms with Gasteiger partial charge in [-0.15, -0.1) is 0 Å². The van der Waals surface area contributed by atoms with E-state index in [-0.39, 0.29) is 18.4 Å². The molecule has 0 bridgehead atoms. The molecule has 0 atom stereocenters. The average molecular weight is 361 g/mol. The second kappa shape index (κ2) is 9.69. The minimum Gasteiger partial charge on any atom is -0.484 e. The summed E-state index contributed by atoms with van der Waals surface area (Å²) in [5.74, 6) is 0.101. The van der Waals surface area contributed by atoms with Gasteiger partial charge >= 0.3 is 0 Å². The number of unbranched alkanes of at least 4 members (excludes halogenated alkanes) is 1. The molecule has 0 spiro atoms. The van der Waals surface area contributed by atoms with Gasteiger partial charge in [0.15, 0.2) is 6.61 Å². The summed E-state index contributed by atoms with van der Waals surface area (Å²) >= 11 is 5.79. The molecule has 6 heteroatoms. The second-order valence-corrected chi connectivity index (χ2v) is 5.92. The van der Waals surface area contributed by atoms with Gasteiger partial charge < -0.3 is 15.4 Å². The molecule has 0 unspecified atom stereocenters. The van der Waals surface area contributed by atoms with Crippen molar-refractivity contribution in [3.63, 3.8) is 0 Å². The lowest BCUT2D eigenvalue weighted by atomic mass is 10.2. The molecular formula is C19H21ClN2O3. The van der Waals surface area contributed by atoms with E-state index in [0.717, 1.165) is 12.8 Å². The van der Waals surface area contributed by atoms with Crippen molar-refractivity contribution in [3.05, 3.63) is 59.1 Å². The highest BCUT2D eigenvalue weighted by molar-refractivity contribution is 6.30. The lowest BCUT2D eigenvalue weighted by Crippen LogP contribution is -2.25. The largest absolute Gasteiger partial charge is 0.484 e. The molecule has 2 amide bonds. The summed E-state index contributed by atoms with van der Waals surface area (Å²) in [5, 5.41) is 6.16. The summed E-state index contributed by atoms with van der Waals surface area (Å²) in [4.78, 5) is 24.0. The van der Waals surface area contributed by atoms with Crippen molar-refractivity contribution in [2.24, 2.45) is 0 Å². The van der Waals surface area contributed by atoms with Crippen molar-refractivity contribution in [2.45, 2.75) is 19.8 Å². The number of nitrogens with one attached hydrogen (secondary N) is 2. The maximum absolute atomic E-state index is 12.0. The maximum atomic E-state index is 12.0. The van der Waals surface area contributed by atoms with E-state index in [2.05, 4.69) is 17.6 Å². The van der Waals surface area contributed by atoms with Crippen molar-refractivity contribution in [3.8, 4) is 5.75 Å². The van der Waals surface area contributed by atoms with Gasteiger partial charge in [-0.2, -0.15) is 0 Å². The zero-order chi connectivity index (χ0) is 18.1. The standard InChI is InChI=1S/C19H21ClN2O3/c1-2-3-11-21-19(24)14-5-4-6-16(12-14)22-18(23)13-25-17-9-7-15(20)8-10-17/h4-10,12H,2-3,11,13H2,1H3,(H,21,24)(H,22,23). The highest BCUT2D eigenvalue weighted by atomic mass is 35.5.